The number of piperidine rings is 1. The minimum absolute atomic E-state index is 0.151. The summed E-state index contributed by atoms with van der Waals surface area (Å²) in [7, 11) is 0. The minimum atomic E-state index is -3.29. The Bertz CT molecular complexity index is 331. The van der Waals surface area contributed by atoms with Crippen LogP contribution in [0.5, 0.6) is 0 Å². The van der Waals surface area contributed by atoms with E-state index in [2.05, 4.69) is 4.90 Å². The number of carboxylic acid groups (broad SMARTS) is 1. The minimum Gasteiger partial charge on any atom is -0.560 e. The Morgan fingerprint density at radius 2 is 1.71 bits per heavy atom. The largest absolute Gasteiger partial charge is 0.560 e. The van der Waals surface area contributed by atoms with Gasteiger partial charge in [0, 0.05) is 6.54 Å². The van der Waals surface area contributed by atoms with Crippen molar-refractivity contribution >= 4 is 12.7 Å². The number of carbonyl (C=O) groups is 1. The molecule has 21 heavy (non-hydrogen) atoms. The summed E-state index contributed by atoms with van der Waals surface area (Å²) in [5, 5.41) is 35.9. The second-order valence-corrected chi connectivity index (χ2v) is 6.25. The second-order valence-electron chi connectivity index (χ2n) is 6.25. The first-order valence-corrected chi connectivity index (χ1v) is 7.81. The van der Waals surface area contributed by atoms with E-state index in [1.54, 1.807) is 0 Å². The molecule has 8 heteroatoms. The highest BCUT2D eigenvalue weighted by Gasteiger charge is 2.33. The maximum absolute atomic E-state index is 11.4. The quantitative estimate of drug-likeness (QED) is 0.293. The maximum Gasteiger partial charge on any atom is 0.371 e. The first-order valence-electron chi connectivity index (χ1n) is 7.81. The second kappa shape index (κ2) is 8.10. The molecule has 0 unspecified atom stereocenters. The summed E-state index contributed by atoms with van der Waals surface area (Å²) in [4.78, 5) is 13.6. The fraction of sp³-hybridized carbons (Fsp3) is 0.923. The standard InChI is InChI=1S/C13H28BN2O5/c15-13(12(17)18,6-2-3-8-14(19,20)21)7-11-16-9-4-1-5-10-16/h19-21H,1-11,15H2,(H,17,18)/q-1/t13-/m1/s1. The molecule has 0 aromatic heterocycles. The van der Waals surface area contributed by atoms with Gasteiger partial charge in [0.2, 0.25) is 0 Å². The summed E-state index contributed by atoms with van der Waals surface area (Å²) < 4.78 is 0. The van der Waals surface area contributed by atoms with Gasteiger partial charge in [-0.3, -0.25) is 4.79 Å². The molecule has 1 atom stereocenters. The predicted octanol–water partition coefficient (Wildman–Crippen LogP) is -0.269. The van der Waals surface area contributed by atoms with Crippen LogP contribution < -0.4 is 5.73 Å². The molecule has 1 fully saturated rings. The Morgan fingerprint density at radius 3 is 2.24 bits per heavy atom. The van der Waals surface area contributed by atoms with E-state index in [4.69, 9.17) is 20.8 Å². The Hall–Kier alpha value is -0.665. The molecule has 0 spiro atoms. The fourth-order valence-corrected chi connectivity index (χ4v) is 2.74. The van der Waals surface area contributed by atoms with Crippen LogP contribution in [-0.4, -0.2) is 63.0 Å². The number of unbranched alkanes of at least 4 members (excludes halogenated alkanes) is 1. The summed E-state index contributed by atoms with van der Waals surface area (Å²) in [6.45, 7) is -0.610. The number of nitrogens with zero attached hydrogens (tertiary/aromatic N) is 1. The molecule has 6 N–H and O–H groups in total. The van der Waals surface area contributed by atoms with Gasteiger partial charge in [-0.25, -0.2) is 0 Å². The highest BCUT2D eigenvalue weighted by molar-refractivity contribution is 6.56. The van der Waals surface area contributed by atoms with Gasteiger partial charge in [-0.1, -0.05) is 25.6 Å². The maximum atomic E-state index is 11.4. The fourth-order valence-electron chi connectivity index (χ4n) is 2.74. The van der Waals surface area contributed by atoms with Gasteiger partial charge in [0.25, 0.3) is 0 Å². The predicted molar refractivity (Wildman–Crippen MR) is 80.5 cm³/mol. The van der Waals surface area contributed by atoms with Crippen LogP contribution in [0.2, 0.25) is 6.32 Å². The highest BCUT2D eigenvalue weighted by atomic mass is 16.5. The third-order valence-electron chi connectivity index (χ3n) is 4.21. The smallest absolute Gasteiger partial charge is 0.371 e. The van der Waals surface area contributed by atoms with Gasteiger partial charge in [-0.2, -0.15) is 0 Å². The van der Waals surface area contributed by atoms with E-state index < -0.39 is 18.3 Å². The van der Waals surface area contributed by atoms with Crippen molar-refractivity contribution in [1.82, 2.24) is 4.90 Å². The van der Waals surface area contributed by atoms with Gasteiger partial charge in [0.05, 0.1) is 0 Å². The monoisotopic (exact) mass is 303 g/mol. The Kier molecular flexibility index (Phi) is 7.09. The van der Waals surface area contributed by atoms with Crippen LogP contribution >= 0.6 is 0 Å². The topological polar surface area (TPSA) is 127 Å². The van der Waals surface area contributed by atoms with Crippen molar-refractivity contribution in [3.05, 3.63) is 0 Å². The molecular weight excluding hydrogens is 275 g/mol. The average molecular weight is 303 g/mol. The van der Waals surface area contributed by atoms with Crippen molar-refractivity contribution in [1.29, 1.82) is 0 Å². The Balaban J connectivity index is 2.36. The number of likely N-dealkylation sites (tertiary alicyclic amines) is 1. The van der Waals surface area contributed by atoms with Crippen LogP contribution in [0.1, 0.15) is 44.9 Å². The molecular formula is C13H28BN2O5-. The molecule has 1 aliphatic heterocycles. The lowest BCUT2D eigenvalue weighted by Gasteiger charge is -2.31. The van der Waals surface area contributed by atoms with Crippen molar-refractivity contribution in [2.75, 3.05) is 19.6 Å². The molecule has 1 rings (SSSR count). The van der Waals surface area contributed by atoms with Gasteiger partial charge in [0.15, 0.2) is 0 Å². The van der Waals surface area contributed by atoms with Crippen LogP contribution in [-0.2, 0) is 4.79 Å². The van der Waals surface area contributed by atoms with Crippen molar-refractivity contribution in [3.8, 4) is 0 Å². The number of hydrogen-bond acceptors (Lipinski definition) is 6. The zero-order chi connectivity index (χ0) is 15.9. The Labute approximate surface area is 125 Å². The van der Waals surface area contributed by atoms with E-state index >= 15 is 0 Å². The lowest BCUT2D eigenvalue weighted by atomic mass is 9.73. The van der Waals surface area contributed by atoms with Gasteiger partial charge in [-0.05, 0) is 38.8 Å². The molecule has 0 saturated carbocycles. The van der Waals surface area contributed by atoms with E-state index in [0.29, 0.717) is 25.8 Å². The van der Waals surface area contributed by atoms with Gasteiger partial charge >= 0.3 is 12.7 Å². The summed E-state index contributed by atoms with van der Waals surface area (Å²) >= 11 is 0. The summed E-state index contributed by atoms with van der Waals surface area (Å²) in [5.41, 5.74) is 4.71. The Morgan fingerprint density at radius 1 is 1.10 bits per heavy atom. The van der Waals surface area contributed by atoms with Crippen LogP contribution in [0.4, 0.5) is 0 Å². The van der Waals surface area contributed by atoms with E-state index in [9.17, 15) is 9.90 Å². The van der Waals surface area contributed by atoms with Gasteiger partial charge in [-0.15, -0.1) is 0 Å². The van der Waals surface area contributed by atoms with Crippen molar-refractivity contribution in [3.63, 3.8) is 0 Å². The lowest BCUT2D eigenvalue weighted by molar-refractivity contribution is -0.144. The van der Waals surface area contributed by atoms with Crippen LogP contribution in [0.3, 0.4) is 0 Å². The molecule has 0 amide bonds. The van der Waals surface area contributed by atoms with Crippen molar-refractivity contribution in [2.24, 2.45) is 5.73 Å². The number of aliphatic carboxylic acids is 1. The molecule has 0 aliphatic carbocycles. The van der Waals surface area contributed by atoms with Crippen LogP contribution in [0.25, 0.3) is 0 Å². The van der Waals surface area contributed by atoms with Crippen LogP contribution in [0, 0.1) is 0 Å². The van der Waals surface area contributed by atoms with Gasteiger partial charge < -0.3 is 30.8 Å². The molecule has 1 heterocycles. The molecule has 1 saturated heterocycles. The van der Waals surface area contributed by atoms with E-state index in [0.717, 1.165) is 25.9 Å². The molecule has 124 valence electrons. The zero-order valence-electron chi connectivity index (χ0n) is 12.6. The van der Waals surface area contributed by atoms with Crippen molar-refractivity contribution in [2.45, 2.75) is 56.8 Å². The number of rotatable bonds is 9. The zero-order valence-corrected chi connectivity index (χ0v) is 12.6. The average Bonchev–Trinajstić information content (AvgIpc) is 2.41. The number of nitrogens with two attached hydrogens (primary N) is 1. The van der Waals surface area contributed by atoms with Crippen molar-refractivity contribution < 1.29 is 25.0 Å². The first kappa shape index (κ1) is 18.4. The molecule has 1 aliphatic rings. The van der Waals surface area contributed by atoms with E-state index in [-0.39, 0.29) is 12.7 Å². The number of carboxylic acids is 1. The molecule has 0 radical (unpaired) electrons. The van der Waals surface area contributed by atoms with E-state index in [1.165, 1.54) is 6.42 Å². The highest BCUT2D eigenvalue weighted by Crippen LogP contribution is 2.20. The van der Waals surface area contributed by atoms with Gasteiger partial charge in [0.1, 0.15) is 5.54 Å². The van der Waals surface area contributed by atoms with Crippen LogP contribution in [0.15, 0.2) is 0 Å². The lowest BCUT2D eigenvalue weighted by Crippen LogP contribution is -2.50. The third-order valence-corrected chi connectivity index (χ3v) is 4.21. The normalized spacial score (nSPS) is 20.2. The molecule has 0 bridgehead atoms. The SMILES string of the molecule is N[C@](CCCC[B-](O)(O)O)(CCN1CCCCC1)C(=O)O. The molecule has 0 aromatic carbocycles. The molecule has 7 nitrogen and oxygen atoms in total. The number of hydrogen-bond donors (Lipinski definition) is 5. The summed E-state index contributed by atoms with van der Waals surface area (Å²) in [5.74, 6) is -1.02. The van der Waals surface area contributed by atoms with E-state index in [1.807, 2.05) is 0 Å². The first-order chi connectivity index (χ1) is 9.73. The summed E-state index contributed by atoms with van der Waals surface area (Å²) in [6, 6.07) is 0. The third kappa shape index (κ3) is 7.24. The summed E-state index contributed by atoms with van der Waals surface area (Å²) in [6.07, 6.45) is 4.81. The molecule has 0 aromatic rings.